The van der Waals surface area contributed by atoms with Crippen LogP contribution in [0.4, 0.5) is 11.4 Å². The monoisotopic (exact) mass is 458 g/mol. The molecule has 10 nitrogen and oxygen atoms in total. The lowest BCUT2D eigenvalue weighted by molar-refractivity contribution is -0.384. The maximum Gasteiger partial charge on any atom is 0.269 e. The van der Waals surface area contributed by atoms with Crippen LogP contribution in [0.15, 0.2) is 52.7 Å². The Kier molecular flexibility index (Phi) is 6.66. The van der Waals surface area contributed by atoms with Gasteiger partial charge in [0.1, 0.15) is 4.90 Å². The topological polar surface area (TPSA) is 112 Å². The Bertz CT molecular complexity index is 1080. The second kappa shape index (κ2) is 9.61. The zero-order valence-electron chi connectivity index (χ0n) is 17.7. The molecule has 4 rings (SSSR count). The number of non-ortho nitro benzene ring substituents is 1. The standard InChI is InChI=1S/C21H26N6O4S/c28-27(29)19-6-4-18(5-7-19)16-23-25-14-12-24(13-15-25)20-8-9-22-17-21(20)32(30,31)26-10-2-1-3-11-26/h4-9,16-17H,1-3,10-15H2/b23-16-. The lowest BCUT2D eigenvalue weighted by Crippen LogP contribution is -2.45. The summed E-state index contributed by atoms with van der Waals surface area (Å²) in [6.45, 7) is 3.64. The van der Waals surface area contributed by atoms with Crippen molar-refractivity contribution in [2.24, 2.45) is 5.10 Å². The molecule has 2 aromatic rings. The highest BCUT2D eigenvalue weighted by molar-refractivity contribution is 7.89. The second-order valence-corrected chi connectivity index (χ2v) is 9.75. The summed E-state index contributed by atoms with van der Waals surface area (Å²) < 4.78 is 28.0. The van der Waals surface area contributed by atoms with E-state index in [1.807, 2.05) is 5.01 Å². The van der Waals surface area contributed by atoms with Crippen molar-refractivity contribution in [2.45, 2.75) is 24.2 Å². The summed E-state index contributed by atoms with van der Waals surface area (Å²) >= 11 is 0. The lowest BCUT2D eigenvalue weighted by atomic mass is 10.2. The van der Waals surface area contributed by atoms with Gasteiger partial charge in [-0.15, -0.1) is 0 Å². The van der Waals surface area contributed by atoms with E-state index in [0.29, 0.717) is 45.0 Å². The van der Waals surface area contributed by atoms with Crippen molar-refractivity contribution >= 4 is 27.6 Å². The molecule has 0 unspecified atom stereocenters. The predicted octanol–water partition coefficient (Wildman–Crippen LogP) is 2.32. The van der Waals surface area contributed by atoms with Crippen molar-refractivity contribution in [3.05, 3.63) is 58.4 Å². The van der Waals surface area contributed by atoms with Crippen LogP contribution in [-0.2, 0) is 10.0 Å². The van der Waals surface area contributed by atoms with E-state index in [2.05, 4.69) is 15.0 Å². The Morgan fingerprint density at radius 2 is 1.66 bits per heavy atom. The Morgan fingerprint density at radius 1 is 0.969 bits per heavy atom. The number of sulfonamides is 1. The van der Waals surface area contributed by atoms with Crippen LogP contribution in [0.25, 0.3) is 0 Å². The Hall–Kier alpha value is -3.05. The van der Waals surface area contributed by atoms with Crippen molar-refractivity contribution in [3.8, 4) is 0 Å². The predicted molar refractivity (Wildman–Crippen MR) is 121 cm³/mol. The van der Waals surface area contributed by atoms with Crippen molar-refractivity contribution in [1.29, 1.82) is 0 Å². The van der Waals surface area contributed by atoms with Crippen LogP contribution < -0.4 is 4.90 Å². The second-order valence-electron chi connectivity index (χ2n) is 7.84. The summed E-state index contributed by atoms with van der Waals surface area (Å²) in [7, 11) is -3.57. The SMILES string of the molecule is O=[N+]([O-])c1ccc(/C=N\N2CCN(c3ccncc3S(=O)(=O)N3CCCCC3)CC2)cc1. The number of hydrogen-bond donors (Lipinski definition) is 0. The first-order valence-electron chi connectivity index (χ1n) is 10.7. The molecule has 2 fully saturated rings. The molecule has 3 heterocycles. The minimum Gasteiger partial charge on any atom is -0.367 e. The number of nitro groups is 1. The van der Waals surface area contributed by atoms with Crippen LogP contribution in [0.5, 0.6) is 0 Å². The average Bonchev–Trinajstić information content (AvgIpc) is 2.84. The van der Waals surface area contributed by atoms with Crippen LogP contribution in [0, 0.1) is 10.1 Å². The lowest BCUT2D eigenvalue weighted by Gasteiger charge is -2.36. The third-order valence-corrected chi connectivity index (χ3v) is 7.68. The molecule has 32 heavy (non-hydrogen) atoms. The molecular weight excluding hydrogens is 432 g/mol. The summed E-state index contributed by atoms with van der Waals surface area (Å²) in [4.78, 5) is 16.7. The zero-order chi connectivity index (χ0) is 22.6. The molecule has 2 aliphatic rings. The van der Waals surface area contributed by atoms with Crippen LogP contribution in [0.1, 0.15) is 24.8 Å². The number of benzene rings is 1. The molecule has 0 amide bonds. The number of hydrazone groups is 1. The van der Waals surface area contributed by atoms with Crippen molar-refractivity contribution < 1.29 is 13.3 Å². The van der Waals surface area contributed by atoms with Gasteiger partial charge in [-0.2, -0.15) is 9.41 Å². The summed E-state index contributed by atoms with van der Waals surface area (Å²) in [5.41, 5.74) is 1.51. The van der Waals surface area contributed by atoms with E-state index in [0.717, 1.165) is 24.8 Å². The van der Waals surface area contributed by atoms with Crippen LogP contribution in [-0.4, -0.2) is 73.1 Å². The molecule has 2 aliphatic heterocycles. The first-order valence-corrected chi connectivity index (χ1v) is 12.1. The Morgan fingerprint density at radius 3 is 2.31 bits per heavy atom. The number of nitrogens with zero attached hydrogens (tertiary/aromatic N) is 6. The number of hydrogen-bond acceptors (Lipinski definition) is 8. The number of piperazine rings is 1. The van der Waals surface area contributed by atoms with Gasteiger partial charge in [-0.05, 0) is 36.6 Å². The van der Waals surface area contributed by atoms with Gasteiger partial charge in [0, 0.05) is 50.7 Å². The number of aromatic nitrogens is 1. The van der Waals surface area contributed by atoms with E-state index < -0.39 is 14.9 Å². The minimum absolute atomic E-state index is 0.0448. The first kappa shape index (κ1) is 22.2. The molecule has 0 saturated carbocycles. The smallest absolute Gasteiger partial charge is 0.269 e. The minimum atomic E-state index is -3.57. The summed E-state index contributed by atoms with van der Waals surface area (Å²) in [6.07, 6.45) is 7.61. The van der Waals surface area contributed by atoms with E-state index in [9.17, 15) is 18.5 Å². The highest BCUT2D eigenvalue weighted by Crippen LogP contribution is 2.29. The number of anilines is 1. The third kappa shape index (κ3) is 4.89. The maximum absolute atomic E-state index is 13.2. The fraction of sp³-hybridized carbons (Fsp3) is 0.429. The van der Waals surface area contributed by atoms with Gasteiger partial charge < -0.3 is 4.90 Å². The molecule has 2 saturated heterocycles. The molecule has 170 valence electrons. The van der Waals surface area contributed by atoms with Gasteiger partial charge in [-0.3, -0.25) is 20.1 Å². The largest absolute Gasteiger partial charge is 0.367 e. The fourth-order valence-electron chi connectivity index (χ4n) is 3.96. The first-order chi connectivity index (χ1) is 15.4. The number of piperidine rings is 1. The van der Waals surface area contributed by atoms with E-state index in [1.54, 1.807) is 34.9 Å². The summed E-state index contributed by atoms with van der Waals surface area (Å²) in [5, 5.41) is 17.1. The maximum atomic E-state index is 13.2. The van der Waals surface area contributed by atoms with Crippen LogP contribution in [0.2, 0.25) is 0 Å². The third-order valence-electron chi connectivity index (χ3n) is 5.77. The quantitative estimate of drug-likeness (QED) is 0.371. The van der Waals surface area contributed by atoms with Gasteiger partial charge in [0.2, 0.25) is 10.0 Å². The Balaban J connectivity index is 1.42. The summed E-state index contributed by atoms with van der Waals surface area (Å²) in [5.74, 6) is 0. The highest BCUT2D eigenvalue weighted by atomic mass is 32.2. The van der Waals surface area contributed by atoms with Gasteiger partial charge in [-0.1, -0.05) is 6.42 Å². The molecule has 1 aromatic heterocycles. The fourth-order valence-corrected chi connectivity index (χ4v) is 5.63. The molecule has 0 radical (unpaired) electrons. The molecule has 0 spiro atoms. The Labute approximate surface area is 187 Å². The number of rotatable bonds is 6. The zero-order valence-corrected chi connectivity index (χ0v) is 18.5. The van der Waals surface area contributed by atoms with E-state index in [1.165, 1.54) is 18.3 Å². The van der Waals surface area contributed by atoms with Gasteiger partial charge in [0.15, 0.2) is 0 Å². The molecule has 0 aliphatic carbocycles. The molecular formula is C21H26N6O4S. The van der Waals surface area contributed by atoms with Crippen molar-refractivity contribution in [2.75, 3.05) is 44.2 Å². The van der Waals surface area contributed by atoms with Crippen molar-refractivity contribution in [1.82, 2.24) is 14.3 Å². The number of nitro benzene ring substituents is 1. The van der Waals surface area contributed by atoms with Gasteiger partial charge in [0.05, 0.1) is 29.9 Å². The molecule has 0 N–H and O–H groups in total. The van der Waals surface area contributed by atoms with E-state index >= 15 is 0 Å². The van der Waals surface area contributed by atoms with Gasteiger partial charge >= 0.3 is 0 Å². The molecule has 0 atom stereocenters. The van der Waals surface area contributed by atoms with E-state index in [-0.39, 0.29) is 10.6 Å². The van der Waals surface area contributed by atoms with Crippen LogP contribution in [0.3, 0.4) is 0 Å². The van der Waals surface area contributed by atoms with E-state index in [4.69, 9.17) is 0 Å². The van der Waals surface area contributed by atoms with Gasteiger partial charge in [-0.25, -0.2) is 8.42 Å². The molecule has 0 bridgehead atoms. The van der Waals surface area contributed by atoms with Crippen molar-refractivity contribution in [3.63, 3.8) is 0 Å². The summed E-state index contributed by atoms with van der Waals surface area (Å²) in [6, 6.07) is 7.99. The average molecular weight is 459 g/mol. The molecule has 1 aromatic carbocycles. The van der Waals surface area contributed by atoms with Gasteiger partial charge in [0.25, 0.3) is 5.69 Å². The van der Waals surface area contributed by atoms with Crippen LogP contribution >= 0.6 is 0 Å². The number of pyridine rings is 1. The highest BCUT2D eigenvalue weighted by Gasteiger charge is 2.30. The molecule has 11 heteroatoms. The normalized spacial score (nSPS) is 18.2.